The normalized spacial score (nSPS) is 7.27. The van der Waals surface area contributed by atoms with Crippen LogP contribution in [0.15, 0.2) is 30.3 Å². The molecule has 0 aliphatic rings. The van der Waals surface area contributed by atoms with Crippen molar-refractivity contribution in [2.75, 3.05) is 0 Å². The molecule has 0 aromatic heterocycles. The van der Waals surface area contributed by atoms with Crippen molar-refractivity contribution >= 4 is 5.97 Å². The van der Waals surface area contributed by atoms with Crippen LogP contribution in [0.1, 0.15) is 10.4 Å². The Hall–Kier alpha value is -0.791. The van der Waals surface area contributed by atoms with Gasteiger partial charge >= 0.3 is 5.97 Å². The molecular weight excluding hydrogens is 184 g/mol. The molecule has 2 nitrogen and oxygen atoms in total. The Morgan fingerprint density at radius 3 is 1.91 bits per heavy atom. The van der Waals surface area contributed by atoms with Gasteiger partial charge in [0.1, 0.15) is 0 Å². The predicted molar refractivity (Wildman–Crippen MR) is 39.8 cm³/mol. The van der Waals surface area contributed by atoms with Crippen LogP contribution in [0, 0.1) is 7.43 Å². The molecule has 0 saturated heterocycles. The van der Waals surface area contributed by atoms with Crippen molar-refractivity contribution in [2.24, 2.45) is 0 Å². The number of hydrogen-bond acceptors (Lipinski definition) is 1. The van der Waals surface area contributed by atoms with Crippen LogP contribution in [0.25, 0.3) is 0 Å². The van der Waals surface area contributed by atoms with Gasteiger partial charge in [-0.25, -0.2) is 4.79 Å². The molecule has 0 amide bonds. The zero-order valence-corrected chi connectivity index (χ0v) is 7.20. The molecule has 0 fully saturated rings. The maximum absolute atomic E-state index is 10.2. The van der Waals surface area contributed by atoms with Gasteiger partial charge in [-0.05, 0) is 12.1 Å². The van der Waals surface area contributed by atoms with Crippen molar-refractivity contribution in [3.05, 3.63) is 43.3 Å². The number of hydrogen-bond donors (Lipinski definition) is 1. The standard InChI is InChI=1S/C7H6O2.CH3.Fe/c8-7(9)6-4-2-1-3-5-6;;/h1-5H,(H,8,9);1H3;/q;-1;. The van der Waals surface area contributed by atoms with Gasteiger partial charge in [-0.3, -0.25) is 0 Å². The second kappa shape index (κ2) is 5.95. The first-order valence-electron chi connectivity index (χ1n) is 2.59. The molecule has 0 atom stereocenters. The van der Waals surface area contributed by atoms with Crippen LogP contribution in [0.2, 0.25) is 0 Å². The fourth-order valence-corrected chi connectivity index (χ4v) is 0.581. The summed E-state index contributed by atoms with van der Waals surface area (Å²) in [4.78, 5) is 10.2. The maximum atomic E-state index is 10.2. The average molecular weight is 193 g/mol. The number of carboxylic acids is 1. The van der Waals surface area contributed by atoms with E-state index in [-0.39, 0.29) is 24.5 Å². The Bertz CT molecular complexity index is 209. The summed E-state index contributed by atoms with van der Waals surface area (Å²) in [5.74, 6) is -0.879. The zero-order valence-electron chi connectivity index (χ0n) is 6.10. The molecular formula is C8H9FeO2-. The minimum Gasteiger partial charge on any atom is -0.478 e. The van der Waals surface area contributed by atoms with Gasteiger partial charge in [0.05, 0.1) is 5.56 Å². The van der Waals surface area contributed by atoms with Crippen LogP contribution < -0.4 is 0 Å². The van der Waals surface area contributed by atoms with Gasteiger partial charge < -0.3 is 12.5 Å². The van der Waals surface area contributed by atoms with Crippen molar-refractivity contribution in [3.8, 4) is 0 Å². The molecule has 1 aromatic rings. The maximum Gasteiger partial charge on any atom is 0.335 e. The molecule has 0 aliphatic heterocycles. The summed E-state index contributed by atoms with van der Waals surface area (Å²) in [5, 5.41) is 8.38. The molecule has 0 unspecified atom stereocenters. The van der Waals surface area contributed by atoms with Crippen LogP contribution in [0.4, 0.5) is 0 Å². The summed E-state index contributed by atoms with van der Waals surface area (Å²) in [5.41, 5.74) is 0.331. The zero-order chi connectivity index (χ0) is 6.69. The molecule has 1 rings (SSSR count). The minimum atomic E-state index is -0.879. The largest absolute Gasteiger partial charge is 0.478 e. The van der Waals surface area contributed by atoms with Gasteiger partial charge in [-0.2, -0.15) is 0 Å². The third-order valence-electron chi connectivity index (χ3n) is 1.02. The van der Waals surface area contributed by atoms with E-state index in [1.165, 1.54) is 0 Å². The van der Waals surface area contributed by atoms with E-state index in [1.54, 1.807) is 30.3 Å². The number of rotatable bonds is 1. The first-order valence-corrected chi connectivity index (χ1v) is 2.59. The van der Waals surface area contributed by atoms with Gasteiger partial charge in [0.25, 0.3) is 0 Å². The molecule has 0 bridgehead atoms. The molecule has 0 aliphatic carbocycles. The fourth-order valence-electron chi connectivity index (χ4n) is 0.581. The topological polar surface area (TPSA) is 37.3 Å². The molecule has 1 aromatic carbocycles. The van der Waals surface area contributed by atoms with E-state index in [2.05, 4.69) is 0 Å². The first kappa shape index (κ1) is 12.8. The molecule has 3 heteroatoms. The predicted octanol–water partition coefficient (Wildman–Crippen LogP) is 1.83. The third kappa shape index (κ3) is 3.81. The Kier molecular flexibility index (Phi) is 6.96. The second-order valence-electron chi connectivity index (χ2n) is 1.67. The summed E-state index contributed by atoms with van der Waals surface area (Å²) >= 11 is 0. The van der Waals surface area contributed by atoms with Crippen LogP contribution in [0.5, 0.6) is 0 Å². The number of carboxylic acid groups (broad SMARTS) is 1. The average Bonchev–Trinajstić information content (AvgIpc) is 1.90. The Balaban J connectivity index is 0. The molecule has 0 spiro atoms. The summed E-state index contributed by atoms with van der Waals surface area (Å²) in [6.45, 7) is 0. The van der Waals surface area contributed by atoms with E-state index in [4.69, 9.17) is 5.11 Å². The van der Waals surface area contributed by atoms with Crippen LogP contribution in [-0.4, -0.2) is 11.1 Å². The van der Waals surface area contributed by atoms with Gasteiger partial charge in [0, 0.05) is 17.1 Å². The van der Waals surface area contributed by atoms with Crippen LogP contribution in [-0.2, 0) is 17.1 Å². The van der Waals surface area contributed by atoms with E-state index >= 15 is 0 Å². The smallest absolute Gasteiger partial charge is 0.335 e. The molecule has 1 N–H and O–H groups in total. The summed E-state index contributed by atoms with van der Waals surface area (Å²) in [7, 11) is 0. The SMILES string of the molecule is O=C(O)c1ccccc1.[CH3-].[Fe]. The summed E-state index contributed by atoms with van der Waals surface area (Å²) in [6, 6.07) is 8.30. The molecule has 0 heterocycles. The van der Waals surface area contributed by atoms with Gasteiger partial charge in [0.2, 0.25) is 0 Å². The van der Waals surface area contributed by atoms with Crippen LogP contribution in [0.3, 0.4) is 0 Å². The van der Waals surface area contributed by atoms with E-state index in [9.17, 15) is 4.79 Å². The third-order valence-corrected chi connectivity index (χ3v) is 1.02. The van der Waals surface area contributed by atoms with Gasteiger partial charge in [-0.15, -0.1) is 0 Å². The van der Waals surface area contributed by atoms with Crippen molar-refractivity contribution in [3.63, 3.8) is 0 Å². The Labute approximate surface area is 76.7 Å². The van der Waals surface area contributed by atoms with Crippen LogP contribution >= 0.6 is 0 Å². The van der Waals surface area contributed by atoms with Crippen molar-refractivity contribution in [1.29, 1.82) is 0 Å². The Morgan fingerprint density at radius 1 is 1.18 bits per heavy atom. The number of aromatic carboxylic acids is 1. The molecule has 0 saturated carbocycles. The van der Waals surface area contributed by atoms with E-state index in [0.717, 1.165) is 0 Å². The molecule has 0 radical (unpaired) electrons. The van der Waals surface area contributed by atoms with Gasteiger partial charge in [0.15, 0.2) is 0 Å². The summed E-state index contributed by atoms with van der Waals surface area (Å²) < 4.78 is 0. The van der Waals surface area contributed by atoms with Crippen molar-refractivity contribution in [2.45, 2.75) is 0 Å². The van der Waals surface area contributed by atoms with E-state index in [0.29, 0.717) is 5.56 Å². The quantitative estimate of drug-likeness (QED) is 0.545. The first-order chi connectivity index (χ1) is 4.30. The number of benzene rings is 1. The van der Waals surface area contributed by atoms with Crippen molar-refractivity contribution < 1.29 is 27.0 Å². The summed E-state index contributed by atoms with van der Waals surface area (Å²) in [6.07, 6.45) is 0. The Morgan fingerprint density at radius 2 is 1.64 bits per heavy atom. The minimum absolute atomic E-state index is 0. The second-order valence-corrected chi connectivity index (χ2v) is 1.67. The van der Waals surface area contributed by atoms with Crippen molar-refractivity contribution in [1.82, 2.24) is 0 Å². The van der Waals surface area contributed by atoms with E-state index in [1.807, 2.05) is 0 Å². The van der Waals surface area contributed by atoms with E-state index < -0.39 is 5.97 Å². The monoisotopic (exact) mass is 193 g/mol. The number of carbonyl (C=O) groups is 1. The van der Waals surface area contributed by atoms with Gasteiger partial charge in [-0.1, -0.05) is 18.2 Å². The molecule has 11 heavy (non-hydrogen) atoms. The fraction of sp³-hybridized carbons (Fsp3) is 0. The molecule has 62 valence electrons.